The number of methoxy groups -OCH3 is 1. The number of hydrogen-bond donors (Lipinski definition) is 1. The van der Waals surface area contributed by atoms with Crippen LogP contribution in [-0.2, 0) is 4.79 Å². The van der Waals surface area contributed by atoms with Crippen LogP contribution in [0.2, 0.25) is 0 Å². The molecule has 0 saturated carbocycles. The minimum Gasteiger partial charge on any atom is -0.496 e. The number of carbonyl (C=O) groups excluding carboxylic acids is 1. The lowest BCUT2D eigenvalue weighted by molar-refractivity contribution is -0.118. The van der Waals surface area contributed by atoms with Crippen LogP contribution in [0.25, 0.3) is 22.3 Å². The van der Waals surface area contributed by atoms with E-state index in [4.69, 9.17) is 19.2 Å². The second-order valence-electron chi connectivity index (χ2n) is 10.9. The summed E-state index contributed by atoms with van der Waals surface area (Å²) in [6, 6.07) is 20.3. The normalized spacial score (nSPS) is 11.3. The van der Waals surface area contributed by atoms with E-state index in [2.05, 4.69) is 40.2 Å². The maximum absolute atomic E-state index is 14.0. The smallest absolute Gasteiger partial charge is 0.282 e. The molecule has 0 spiro atoms. The van der Waals surface area contributed by atoms with E-state index in [1.165, 1.54) is 29.1 Å². The molecule has 242 valence electrons. The molecule has 11 heteroatoms. The van der Waals surface area contributed by atoms with Crippen LogP contribution >= 0.6 is 15.9 Å². The van der Waals surface area contributed by atoms with Crippen molar-refractivity contribution in [2.24, 2.45) is 5.10 Å². The summed E-state index contributed by atoms with van der Waals surface area (Å²) in [5.74, 6) is 0.867. The Morgan fingerprint density at radius 2 is 1.77 bits per heavy atom. The minimum atomic E-state index is -0.548. The van der Waals surface area contributed by atoms with Gasteiger partial charge in [0.15, 0.2) is 23.9 Å². The van der Waals surface area contributed by atoms with E-state index in [1.807, 2.05) is 32.0 Å². The third-order valence-electron chi connectivity index (χ3n) is 7.38. The average Bonchev–Trinajstić information content (AvgIpc) is 3.05. The molecule has 1 N–H and O–H groups in total. The summed E-state index contributed by atoms with van der Waals surface area (Å²) in [4.78, 5) is 31.2. The van der Waals surface area contributed by atoms with Gasteiger partial charge in [-0.05, 0) is 95.4 Å². The molecule has 1 heterocycles. The Hall–Kier alpha value is -5.03. The van der Waals surface area contributed by atoms with Gasteiger partial charge in [0.25, 0.3) is 11.5 Å². The predicted octanol–water partition coefficient (Wildman–Crippen LogP) is 7.70. The number of carbonyl (C=O) groups is 1. The lowest BCUT2D eigenvalue weighted by Gasteiger charge is -2.17. The lowest BCUT2D eigenvalue weighted by atomic mass is 9.96. The fraction of sp³-hybridized carbons (Fsp3) is 0.222. The van der Waals surface area contributed by atoms with Crippen molar-refractivity contribution in [2.45, 2.75) is 33.6 Å². The summed E-state index contributed by atoms with van der Waals surface area (Å²) in [6.45, 7) is 7.86. The Balaban J connectivity index is 1.53. The Morgan fingerprint density at radius 3 is 2.49 bits per heavy atom. The molecule has 0 atom stereocenters. The lowest BCUT2D eigenvalue weighted by Crippen LogP contribution is -2.21. The van der Waals surface area contributed by atoms with E-state index in [0.717, 1.165) is 22.4 Å². The summed E-state index contributed by atoms with van der Waals surface area (Å²) in [7, 11) is 1.64. The molecule has 1 amide bonds. The molecule has 0 saturated heterocycles. The molecule has 47 heavy (non-hydrogen) atoms. The second-order valence-corrected chi connectivity index (χ2v) is 11.8. The number of aryl methyl sites for hydroxylation is 1. The van der Waals surface area contributed by atoms with E-state index >= 15 is 0 Å². The van der Waals surface area contributed by atoms with Gasteiger partial charge >= 0.3 is 0 Å². The molecule has 0 unspecified atom stereocenters. The highest BCUT2D eigenvalue weighted by molar-refractivity contribution is 9.10. The van der Waals surface area contributed by atoms with Crippen LogP contribution in [0, 0.1) is 12.7 Å². The first-order chi connectivity index (χ1) is 22.6. The van der Waals surface area contributed by atoms with Gasteiger partial charge < -0.3 is 19.5 Å². The summed E-state index contributed by atoms with van der Waals surface area (Å²) >= 11 is 3.56. The van der Waals surface area contributed by atoms with Crippen LogP contribution < -0.4 is 25.1 Å². The summed E-state index contributed by atoms with van der Waals surface area (Å²) < 4.78 is 33.0. The van der Waals surface area contributed by atoms with Gasteiger partial charge in [-0.25, -0.2) is 9.37 Å². The molecule has 0 aliphatic heterocycles. The van der Waals surface area contributed by atoms with Crippen LogP contribution in [0.5, 0.6) is 17.2 Å². The standard InChI is InChI=1S/C36H34BrFN4O5/c1-6-46-32-16-23(27(37)18-33(32)47-20-34(43)40-30-14-10-8-12-28(30)38)19-39-42-35(41-29-13-9-7-11-24(29)36(42)44)26-17-25(21(2)3)31(45-5)15-22(26)4/h7-19,21H,6,20H2,1-5H3,(H,40,43). The quantitative estimate of drug-likeness (QED) is 0.142. The molecule has 0 aliphatic rings. The number of halogens is 2. The van der Waals surface area contributed by atoms with Gasteiger partial charge in [0, 0.05) is 15.6 Å². The SMILES string of the molecule is CCOc1cc(C=Nn2c(-c3cc(C(C)C)c(OC)cc3C)nc3ccccc3c2=O)c(Br)cc1OCC(=O)Nc1ccccc1F. The van der Waals surface area contributed by atoms with Crippen molar-refractivity contribution in [3.8, 4) is 28.6 Å². The Bertz CT molecular complexity index is 2040. The van der Waals surface area contributed by atoms with E-state index in [1.54, 1.807) is 43.5 Å². The molecule has 0 aliphatic carbocycles. The number of ether oxygens (including phenoxy) is 3. The summed E-state index contributed by atoms with van der Waals surface area (Å²) in [6.07, 6.45) is 1.53. The molecule has 4 aromatic carbocycles. The second kappa shape index (κ2) is 14.6. The number of hydrogen-bond acceptors (Lipinski definition) is 7. The maximum Gasteiger partial charge on any atom is 0.282 e. The molecule has 0 radical (unpaired) electrons. The van der Waals surface area contributed by atoms with Crippen molar-refractivity contribution in [3.05, 3.63) is 110 Å². The van der Waals surface area contributed by atoms with Gasteiger partial charge in [-0.2, -0.15) is 9.78 Å². The van der Waals surface area contributed by atoms with Crippen LogP contribution in [0.15, 0.2) is 87.2 Å². The number of fused-ring (bicyclic) bond motifs is 1. The van der Waals surface area contributed by atoms with Crippen LogP contribution in [-0.4, -0.2) is 42.1 Å². The van der Waals surface area contributed by atoms with Gasteiger partial charge in [-0.1, -0.05) is 38.1 Å². The number of nitrogens with zero attached hydrogens (tertiary/aromatic N) is 3. The summed E-state index contributed by atoms with van der Waals surface area (Å²) in [5, 5.41) is 7.56. The molecular weight excluding hydrogens is 667 g/mol. The number of rotatable bonds is 11. The Kier molecular flexibility index (Phi) is 10.4. The van der Waals surface area contributed by atoms with Gasteiger partial charge in [-0.15, -0.1) is 0 Å². The van der Waals surface area contributed by atoms with Crippen LogP contribution in [0.4, 0.5) is 10.1 Å². The maximum atomic E-state index is 14.0. The van der Waals surface area contributed by atoms with E-state index < -0.39 is 11.7 Å². The fourth-order valence-corrected chi connectivity index (χ4v) is 5.44. The van der Waals surface area contributed by atoms with Gasteiger partial charge in [0.1, 0.15) is 11.6 Å². The number of amides is 1. The molecule has 5 rings (SSSR count). The minimum absolute atomic E-state index is 0.0573. The van der Waals surface area contributed by atoms with Gasteiger partial charge in [0.2, 0.25) is 0 Å². The first-order valence-electron chi connectivity index (χ1n) is 15.0. The van der Waals surface area contributed by atoms with E-state index in [-0.39, 0.29) is 23.8 Å². The van der Waals surface area contributed by atoms with Crippen molar-refractivity contribution >= 4 is 44.6 Å². The van der Waals surface area contributed by atoms with Crippen molar-refractivity contribution < 1.29 is 23.4 Å². The summed E-state index contributed by atoms with van der Waals surface area (Å²) in [5.41, 5.74) is 3.47. The Morgan fingerprint density at radius 1 is 1.04 bits per heavy atom. The monoisotopic (exact) mass is 700 g/mol. The molecule has 0 fully saturated rings. The zero-order valence-electron chi connectivity index (χ0n) is 26.6. The van der Waals surface area contributed by atoms with Crippen molar-refractivity contribution in [3.63, 3.8) is 0 Å². The highest BCUT2D eigenvalue weighted by Crippen LogP contribution is 2.35. The molecule has 5 aromatic rings. The zero-order chi connectivity index (χ0) is 33.7. The highest BCUT2D eigenvalue weighted by Gasteiger charge is 2.19. The third kappa shape index (κ3) is 7.36. The molecule has 9 nitrogen and oxygen atoms in total. The number of anilines is 1. The molecule has 1 aromatic heterocycles. The van der Waals surface area contributed by atoms with E-state index in [0.29, 0.717) is 44.9 Å². The number of nitrogens with one attached hydrogen (secondary N) is 1. The predicted molar refractivity (Wildman–Crippen MR) is 186 cm³/mol. The fourth-order valence-electron chi connectivity index (χ4n) is 5.02. The van der Waals surface area contributed by atoms with Crippen molar-refractivity contribution in [2.75, 3.05) is 25.6 Å². The van der Waals surface area contributed by atoms with Gasteiger partial charge in [-0.3, -0.25) is 9.59 Å². The zero-order valence-corrected chi connectivity index (χ0v) is 28.2. The van der Waals surface area contributed by atoms with Crippen LogP contribution in [0.3, 0.4) is 0 Å². The first kappa shape index (κ1) is 33.3. The Labute approximate surface area is 280 Å². The first-order valence-corrected chi connectivity index (χ1v) is 15.8. The highest BCUT2D eigenvalue weighted by atomic mass is 79.9. The number of aromatic nitrogens is 2. The topological polar surface area (TPSA) is 104 Å². The molecule has 0 bridgehead atoms. The van der Waals surface area contributed by atoms with E-state index in [9.17, 15) is 14.0 Å². The third-order valence-corrected chi connectivity index (χ3v) is 8.06. The van der Waals surface area contributed by atoms with Gasteiger partial charge in [0.05, 0.1) is 36.5 Å². The van der Waals surface area contributed by atoms with Crippen molar-refractivity contribution in [1.29, 1.82) is 0 Å². The number of para-hydroxylation sites is 2. The van der Waals surface area contributed by atoms with Crippen LogP contribution in [0.1, 0.15) is 43.4 Å². The largest absolute Gasteiger partial charge is 0.496 e. The number of benzene rings is 4. The average molecular weight is 702 g/mol. The van der Waals surface area contributed by atoms with Crippen molar-refractivity contribution in [1.82, 2.24) is 9.66 Å². The molecular formula is C36H34BrFN4O5.